The van der Waals surface area contributed by atoms with E-state index in [1.54, 1.807) is 0 Å². The number of nitrogens with zero attached hydrogens (tertiary/aromatic N) is 1. The van der Waals surface area contributed by atoms with Crippen LogP contribution in [0, 0.1) is 11.6 Å². The number of hydrogen-bond donors (Lipinski definition) is 1. The lowest BCUT2D eigenvalue weighted by Crippen LogP contribution is -2.41. The van der Waals surface area contributed by atoms with Gasteiger partial charge in [0, 0.05) is 48.8 Å². The van der Waals surface area contributed by atoms with Crippen molar-refractivity contribution in [2.75, 3.05) is 26.3 Å². The van der Waals surface area contributed by atoms with Gasteiger partial charge in [0.2, 0.25) is 10.0 Å². The zero-order valence-corrected chi connectivity index (χ0v) is 16.3. The molecule has 30 heavy (non-hydrogen) atoms. The normalized spacial score (nSPS) is 21.4. The van der Waals surface area contributed by atoms with Gasteiger partial charge < -0.3 is 14.6 Å². The van der Waals surface area contributed by atoms with Crippen molar-refractivity contribution in [1.29, 1.82) is 0 Å². The number of aliphatic hydroxyl groups is 1. The molecule has 0 bridgehead atoms. The molecule has 1 atom stereocenters. The van der Waals surface area contributed by atoms with Crippen molar-refractivity contribution in [3.8, 4) is 11.5 Å². The second-order valence-corrected chi connectivity index (χ2v) is 8.92. The lowest BCUT2D eigenvalue weighted by atomic mass is 10.1. The minimum Gasteiger partial charge on any atom is -0.457 e. The van der Waals surface area contributed by atoms with Crippen LogP contribution in [0.15, 0.2) is 35.2 Å². The Morgan fingerprint density at radius 3 is 2.37 bits per heavy atom. The molecule has 1 saturated heterocycles. The predicted molar refractivity (Wildman–Crippen MR) is 96.1 cm³/mol. The Bertz CT molecular complexity index is 1070. The van der Waals surface area contributed by atoms with Crippen molar-refractivity contribution < 1.29 is 40.6 Å². The van der Waals surface area contributed by atoms with E-state index >= 15 is 0 Å². The molecule has 0 spiro atoms. The first-order valence-corrected chi connectivity index (χ1v) is 10.5. The van der Waals surface area contributed by atoms with E-state index in [1.165, 1.54) is 0 Å². The Kier molecular flexibility index (Phi) is 5.25. The average Bonchev–Trinajstić information content (AvgIpc) is 2.92. The third-order valence-electron chi connectivity index (χ3n) is 5.01. The number of ether oxygens (including phenoxy) is 2. The molecule has 2 aliphatic rings. The summed E-state index contributed by atoms with van der Waals surface area (Å²) in [5.74, 6) is -6.00. The lowest BCUT2D eigenvalue weighted by molar-refractivity contribution is -0.0976. The van der Waals surface area contributed by atoms with E-state index in [9.17, 15) is 31.1 Å². The number of benzene rings is 2. The molecule has 162 valence electrons. The summed E-state index contributed by atoms with van der Waals surface area (Å²) in [6.45, 7) is 0.410. The molecule has 2 aromatic rings. The molecule has 1 fully saturated rings. The van der Waals surface area contributed by atoms with Crippen LogP contribution >= 0.6 is 0 Å². The summed E-state index contributed by atoms with van der Waals surface area (Å²) in [6.07, 6.45) is -3.35. The van der Waals surface area contributed by atoms with Gasteiger partial charge >= 0.3 is 0 Å². The van der Waals surface area contributed by atoms with Gasteiger partial charge in [-0.15, -0.1) is 0 Å². The van der Waals surface area contributed by atoms with Gasteiger partial charge in [0.25, 0.3) is 5.92 Å². The molecule has 6 nitrogen and oxygen atoms in total. The molecular weight excluding hydrogens is 430 g/mol. The molecule has 0 saturated carbocycles. The van der Waals surface area contributed by atoms with Gasteiger partial charge in [-0.2, -0.15) is 4.31 Å². The van der Waals surface area contributed by atoms with E-state index in [-0.39, 0.29) is 43.4 Å². The Labute approximate surface area is 169 Å². The smallest absolute Gasteiger partial charge is 0.281 e. The number of alkyl halides is 2. The van der Waals surface area contributed by atoms with Crippen LogP contribution < -0.4 is 4.74 Å². The summed E-state index contributed by atoms with van der Waals surface area (Å²) in [5, 5.41) is 10.2. The van der Waals surface area contributed by atoms with Crippen LogP contribution in [0.3, 0.4) is 0 Å². The molecule has 1 aliphatic heterocycles. The number of hydrogen-bond acceptors (Lipinski definition) is 5. The van der Waals surface area contributed by atoms with E-state index in [1.807, 2.05) is 0 Å². The van der Waals surface area contributed by atoms with Gasteiger partial charge in [-0.25, -0.2) is 26.0 Å². The molecule has 2 aromatic carbocycles. The first kappa shape index (κ1) is 21.0. The molecule has 4 rings (SSSR count). The maximum atomic E-state index is 14.3. The highest BCUT2D eigenvalue weighted by Gasteiger charge is 2.51. The van der Waals surface area contributed by atoms with Gasteiger partial charge in [0.05, 0.1) is 18.1 Å². The van der Waals surface area contributed by atoms with Gasteiger partial charge in [0.1, 0.15) is 29.2 Å². The summed E-state index contributed by atoms with van der Waals surface area (Å²) < 4.78 is 93.2. The van der Waals surface area contributed by atoms with Gasteiger partial charge in [-0.05, 0) is 12.1 Å². The van der Waals surface area contributed by atoms with Crippen LogP contribution in [0.1, 0.15) is 17.2 Å². The minimum absolute atomic E-state index is 0.0460. The highest BCUT2D eigenvalue weighted by molar-refractivity contribution is 7.89. The third kappa shape index (κ3) is 3.66. The van der Waals surface area contributed by atoms with Crippen molar-refractivity contribution in [2.45, 2.75) is 23.3 Å². The number of aliphatic hydroxyl groups excluding tert-OH is 1. The first-order chi connectivity index (χ1) is 14.1. The standard InChI is InChI=1S/C19H17F4NO5S/c20-11-7-12(21)9-13(8-11)29-15-1-2-16(17-14(15)10-19(22,23)18(17)25)30(26,27)24-3-5-28-6-4-24/h1-2,7-9,18,25H,3-6,10H2. The van der Waals surface area contributed by atoms with E-state index in [4.69, 9.17) is 9.47 Å². The molecule has 1 heterocycles. The van der Waals surface area contributed by atoms with Crippen LogP contribution in [0.5, 0.6) is 11.5 Å². The minimum atomic E-state index is -4.19. The van der Waals surface area contributed by atoms with E-state index < -0.39 is 50.6 Å². The van der Waals surface area contributed by atoms with Gasteiger partial charge in [-0.1, -0.05) is 0 Å². The SMILES string of the molecule is O=S(=O)(c1ccc(Oc2cc(F)cc(F)c2)c2c1C(O)C(F)(F)C2)N1CCOCC1. The Morgan fingerprint density at radius 1 is 1.10 bits per heavy atom. The van der Waals surface area contributed by atoms with Crippen molar-refractivity contribution in [2.24, 2.45) is 0 Å². The van der Waals surface area contributed by atoms with E-state index in [2.05, 4.69) is 0 Å². The number of rotatable bonds is 4. The lowest BCUT2D eigenvalue weighted by Gasteiger charge is -2.27. The quantitative estimate of drug-likeness (QED) is 0.730. The predicted octanol–water partition coefficient (Wildman–Crippen LogP) is 3.00. The van der Waals surface area contributed by atoms with Gasteiger partial charge in [0.15, 0.2) is 0 Å². The fourth-order valence-electron chi connectivity index (χ4n) is 3.61. The van der Waals surface area contributed by atoms with Gasteiger partial charge in [-0.3, -0.25) is 0 Å². The molecule has 1 aliphatic carbocycles. The maximum Gasteiger partial charge on any atom is 0.281 e. The third-order valence-corrected chi connectivity index (χ3v) is 6.97. The first-order valence-electron chi connectivity index (χ1n) is 9.03. The molecule has 0 amide bonds. The zero-order chi connectivity index (χ0) is 21.7. The summed E-state index contributed by atoms with van der Waals surface area (Å²) in [6, 6.07) is 4.53. The highest BCUT2D eigenvalue weighted by Crippen LogP contribution is 2.50. The molecule has 0 radical (unpaired) electrons. The number of sulfonamides is 1. The summed E-state index contributed by atoms with van der Waals surface area (Å²) in [5.41, 5.74) is -0.702. The monoisotopic (exact) mass is 447 g/mol. The number of halogens is 4. The van der Waals surface area contributed by atoms with Crippen LogP contribution in [-0.4, -0.2) is 50.1 Å². The van der Waals surface area contributed by atoms with Crippen molar-refractivity contribution >= 4 is 10.0 Å². The van der Waals surface area contributed by atoms with Crippen LogP contribution in [0.4, 0.5) is 17.6 Å². The summed E-state index contributed by atoms with van der Waals surface area (Å²) in [4.78, 5) is -0.457. The topological polar surface area (TPSA) is 76.1 Å². The Morgan fingerprint density at radius 2 is 1.73 bits per heavy atom. The van der Waals surface area contributed by atoms with Crippen LogP contribution in [-0.2, 0) is 21.2 Å². The Balaban J connectivity index is 1.81. The molecule has 1 unspecified atom stereocenters. The van der Waals surface area contributed by atoms with E-state index in [0.717, 1.165) is 28.6 Å². The van der Waals surface area contributed by atoms with Crippen molar-refractivity contribution in [3.63, 3.8) is 0 Å². The fraction of sp³-hybridized carbons (Fsp3) is 0.368. The molecule has 0 aromatic heterocycles. The van der Waals surface area contributed by atoms with Crippen LogP contribution in [0.2, 0.25) is 0 Å². The second-order valence-electron chi connectivity index (χ2n) is 7.02. The van der Waals surface area contributed by atoms with E-state index in [0.29, 0.717) is 6.07 Å². The van der Waals surface area contributed by atoms with Crippen molar-refractivity contribution in [1.82, 2.24) is 4.31 Å². The van der Waals surface area contributed by atoms with Crippen LogP contribution in [0.25, 0.3) is 0 Å². The maximum absolute atomic E-state index is 14.3. The second kappa shape index (κ2) is 7.49. The molecule has 11 heteroatoms. The Hall–Kier alpha value is -2.21. The fourth-order valence-corrected chi connectivity index (χ4v) is 5.27. The zero-order valence-electron chi connectivity index (χ0n) is 15.4. The molecule has 1 N–H and O–H groups in total. The number of fused-ring (bicyclic) bond motifs is 1. The van der Waals surface area contributed by atoms with Crippen molar-refractivity contribution in [3.05, 3.63) is 53.1 Å². The highest BCUT2D eigenvalue weighted by atomic mass is 32.2. The average molecular weight is 447 g/mol. The molecular formula is C19H17F4NO5S. The summed E-state index contributed by atoms with van der Waals surface area (Å²) in [7, 11) is -4.19. The summed E-state index contributed by atoms with van der Waals surface area (Å²) >= 11 is 0. The largest absolute Gasteiger partial charge is 0.457 e. The number of morpholine rings is 1.